The predicted molar refractivity (Wildman–Crippen MR) is 103 cm³/mol. The van der Waals surface area contributed by atoms with Gasteiger partial charge in [-0.2, -0.15) is 0 Å². The molecule has 6 heteroatoms. The molecule has 156 valence electrons. The topological polar surface area (TPSA) is 115 Å². The fourth-order valence-corrected chi connectivity index (χ4v) is 2.33. The molecule has 0 bridgehead atoms. The Hall–Kier alpha value is -1.14. The van der Waals surface area contributed by atoms with Gasteiger partial charge < -0.3 is 20.4 Å². The maximum atomic E-state index is 10.3. The van der Waals surface area contributed by atoms with Crippen LogP contribution in [-0.4, -0.2) is 44.6 Å². The van der Waals surface area contributed by atoms with Gasteiger partial charge in [-0.25, -0.2) is 4.79 Å². The van der Waals surface area contributed by atoms with Gasteiger partial charge in [0.05, 0.1) is 0 Å². The number of hydrogen-bond donors (Lipinski definition) is 4. The molecule has 0 aromatic heterocycles. The van der Waals surface area contributed by atoms with Crippen molar-refractivity contribution in [3.05, 3.63) is 0 Å². The molecule has 0 aliphatic rings. The number of carboxylic acid groups (broad SMARTS) is 2. The first kappa shape index (κ1) is 27.1. The highest BCUT2D eigenvalue weighted by molar-refractivity contribution is 5.75. The van der Waals surface area contributed by atoms with Gasteiger partial charge in [-0.05, 0) is 26.7 Å². The van der Waals surface area contributed by atoms with Crippen molar-refractivity contribution >= 4 is 11.9 Å². The van der Waals surface area contributed by atoms with Crippen LogP contribution in [0.3, 0.4) is 0 Å². The van der Waals surface area contributed by atoms with Gasteiger partial charge >= 0.3 is 11.9 Å². The van der Waals surface area contributed by atoms with E-state index in [-0.39, 0.29) is 0 Å². The van der Waals surface area contributed by atoms with Crippen LogP contribution < -0.4 is 0 Å². The third kappa shape index (κ3) is 25.1. The molecule has 0 fully saturated rings. The van der Waals surface area contributed by atoms with Gasteiger partial charge in [-0.15, -0.1) is 0 Å². The van der Waals surface area contributed by atoms with Crippen LogP contribution in [0.25, 0.3) is 0 Å². The third-order valence-corrected chi connectivity index (χ3v) is 4.07. The van der Waals surface area contributed by atoms with Gasteiger partial charge in [-0.1, -0.05) is 70.6 Å². The van der Waals surface area contributed by atoms with Crippen molar-refractivity contribution in [2.45, 2.75) is 109 Å². The van der Waals surface area contributed by atoms with E-state index in [0.717, 1.165) is 19.3 Å². The average Bonchev–Trinajstić information content (AvgIpc) is 2.54. The third-order valence-electron chi connectivity index (χ3n) is 4.07. The van der Waals surface area contributed by atoms with Crippen LogP contribution in [0.1, 0.15) is 104 Å². The van der Waals surface area contributed by atoms with Crippen molar-refractivity contribution in [2.75, 3.05) is 6.61 Å². The summed E-state index contributed by atoms with van der Waals surface area (Å²) in [5.41, 5.74) is -1.58. The fourth-order valence-electron chi connectivity index (χ4n) is 2.33. The van der Waals surface area contributed by atoms with Crippen molar-refractivity contribution < 1.29 is 30.0 Å². The first-order valence-electron chi connectivity index (χ1n) is 10.00. The SMILES string of the molecule is CC(C)(O)C(=O)O.O=C(O)CCCCCCCCCCCCCCCO. The molecule has 4 N–H and O–H groups in total. The van der Waals surface area contributed by atoms with Crippen LogP contribution >= 0.6 is 0 Å². The zero-order chi connectivity index (χ0) is 20.3. The van der Waals surface area contributed by atoms with E-state index < -0.39 is 17.5 Å². The number of carboxylic acids is 2. The monoisotopic (exact) mass is 376 g/mol. The Kier molecular flexibility index (Phi) is 19.4. The standard InChI is InChI=1S/C16H32O3.C4H8O3/c17-15-13-11-9-7-5-3-1-2-4-6-8-10-12-14-16(18)19;1-4(2,7)3(5)6/h17H,1-15H2,(H,18,19);7H,1-2H3,(H,5,6). The number of carbonyl (C=O) groups is 2. The van der Waals surface area contributed by atoms with Crippen molar-refractivity contribution in [1.29, 1.82) is 0 Å². The molecule has 0 atom stereocenters. The second-order valence-electron chi connectivity index (χ2n) is 7.33. The van der Waals surface area contributed by atoms with E-state index in [2.05, 4.69) is 0 Å². The summed E-state index contributed by atoms with van der Waals surface area (Å²) in [4.78, 5) is 20.1. The van der Waals surface area contributed by atoms with Crippen LogP contribution in [-0.2, 0) is 9.59 Å². The first-order chi connectivity index (χ1) is 12.2. The predicted octanol–water partition coefficient (Wildman–Crippen LogP) is 4.37. The lowest BCUT2D eigenvalue weighted by atomic mass is 10.0. The Labute approximate surface area is 158 Å². The lowest BCUT2D eigenvalue weighted by Crippen LogP contribution is -2.30. The van der Waals surface area contributed by atoms with Crippen molar-refractivity contribution in [2.24, 2.45) is 0 Å². The minimum Gasteiger partial charge on any atom is -0.481 e. The van der Waals surface area contributed by atoms with Crippen LogP contribution in [0.4, 0.5) is 0 Å². The summed E-state index contributed by atoms with van der Waals surface area (Å²) in [5, 5.41) is 33.6. The average molecular weight is 377 g/mol. The largest absolute Gasteiger partial charge is 0.481 e. The highest BCUT2D eigenvalue weighted by Crippen LogP contribution is 2.12. The Balaban J connectivity index is 0. The number of aliphatic hydroxyl groups is 2. The van der Waals surface area contributed by atoms with Gasteiger partial charge in [-0.3, -0.25) is 4.79 Å². The molecule has 0 saturated carbocycles. The number of unbranched alkanes of at least 4 members (excludes halogenated alkanes) is 12. The Morgan fingerprint density at radius 1 is 0.654 bits per heavy atom. The maximum Gasteiger partial charge on any atom is 0.335 e. The molecule has 0 radical (unpaired) electrons. The molecular weight excluding hydrogens is 336 g/mol. The first-order valence-corrected chi connectivity index (χ1v) is 10.00. The summed E-state index contributed by atoms with van der Waals surface area (Å²) in [6.45, 7) is 2.77. The summed E-state index contributed by atoms with van der Waals surface area (Å²) < 4.78 is 0. The number of hydrogen-bond acceptors (Lipinski definition) is 4. The highest BCUT2D eigenvalue weighted by Gasteiger charge is 2.21. The quantitative estimate of drug-likeness (QED) is 0.297. The second-order valence-corrected chi connectivity index (χ2v) is 7.33. The lowest BCUT2D eigenvalue weighted by Gasteiger charge is -2.07. The van der Waals surface area contributed by atoms with E-state index in [4.69, 9.17) is 20.4 Å². The lowest BCUT2D eigenvalue weighted by molar-refractivity contribution is -0.154. The summed E-state index contributed by atoms with van der Waals surface area (Å²) in [6.07, 6.45) is 16.1. The molecule has 0 aliphatic carbocycles. The maximum absolute atomic E-state index is 10.3. The molecule has 0 unspecified atom stereocenters. The van der Waals surface area contributed by atoms with E-state index in [9.17, 15) is 9.59 Å². The zero-order valence-electron chi connectivity index (χ0n) is 16.7. The van der Waals surface area contributed by atoms with Gasteiger partial charge in [0.1, 0.15) is 0 Å². The smallest absolute Gasteiger partial charge is 0.335 e. The normalized spacial score (nSPS) is 10.9. The molecule has 0 spiro atoms. The Morgan fingerprint density at radius 2 is 0.923 bits per heavy atom. The van der Waals surface area contributed by atoms with Gasteiger partial charge in [0.2, 0.25) is 0 Å². The molecule has 0 aromatic carbocycles. The van der Waals surface area contributed by atoms with Gasteiger partial charge in [0.25, 0.3) is 0 Å². The van der Waals surface area contributed by atoms with Gasteiger partial charge in [0.15, 0.2) is 5.60 Å². The summed E-state index contributed by atoms with van der Waals surface area (Å²) >= 11 is 0. The number of aliphatic carboxylic acids is 2. The minimum atomic E-state index is -1.58. The van der Waals surface area contributed by atoms with E-state index in [0.29, 0.717) is 13.0 Å². The van der Waals surface area contributed by atoms with E-state index in [1.807, 2.05) is 0 Å². The molecule has 0 aromatic rings. The molecule has 0 rings (SSSR count). The van der Waals surface area contributed by atoms with Crippen molar-refractivity contribution in [3.63, 3.8) is 0 Å². The number of aliphatic hydroxyl groups excluding tert-OH is 1. The molecule has 0 heterocycles. The van der Waals surface area contributed by atoms with E-state index in [1.54, 1.807) is 0 Å². The molecule has 26 heavy (non-hydrogen) atoms. The van der Waals surface area contributed by atoms with Crippen molar-refractivity contribution in [3.8, 4) is 0 Å². The summed E-state index contributed by atoms with van der Waals surface area (Å²) in [6, 6.07) is 0. The van der Waals surface area contributed by atoms with Crippen LogP contribution in [0.2, 0.25) is 0 Å². The fraction of sp³-hybridized carbons (Fsp3) is 0.900. The van der Waals surface area contributed by atoms with E-state index >= 15 is 0 Å². The Morgan fingerprint density at radius 3 is 1.15 bits per heavy atom. The van der Waals surface area contributed by atoms with Crippen LogP contribution in [0.15, 0.2) is 0 Å². The summed E-state index contributed by atoms with van der Waals surface area (Å²) in [5.74, 6) is -1.87. The minimum absolute atomic E-state index is 0.330. The molecule has 0 amide bonds. The zero-order valence-corrected chi connectivity index (χ0v) is 16.7. The van der Waals surface area contributed by atoms with Crippen LogP contribution in [0.5, 0.6) is 0 Å². The Bertz CT molecular complexity index is 336. The number of rotatable bonds is 16. The molecule has 0 aliphatic heterocycles. The molecule has 0 saturated heterocycles. The highest BCUT2D eigenvalue weighted by atomic mass is 16.4. The van der Waals surface area contributed by atoms with Crippen LogP contribution in [0, 0.1) is 0 Å². The molecule has 6 nitrogen and oxygen atoms in total. The summed E-state index contributed by atoms with van der Waals surface area (Å²) in [7, 11) is 0. The van der Waals surface area contributed by atoms with E-state index in [1.165, 1.54) is 78.1 Å². The molecular formula is C20H40O6. The second kappa shape index (κ2) is 18.6. The van der Waals surface area contributed by atoms with Crippen molar-refractivity contribution in [1.82, 2.24) is 0 Å². The van der Waals surface area contributed by atoms with Gasteiger partial charge in [0, 0.05) is 13.0 Å².